The average Bonchev–Trinajstić information content (AvgIpc) is 3.25. The highest BCUT2D eigenvalue weighted by molar-refractivity contribution is 7.07. The number of thiazole rings is 1. The van der Waals surface area contributed by atoms with E-state index in [0.717, 1.165) is 34.7 Å². The van der Waals surface area contributed by atoms with Crippen LogP contribution in [0.25, 0.3) is 11.3 Å². The molecule has 0 bridgehead atoms. The fraction of sp³-hybridized carbons (Fsp3) is 0.240. The molecule has 1 aliphatic rings. The van der Waals surface area contributed by atoms with Gasteiger partial charge in [-0.15, -0.1) is 17.9 Å². The van der Waals surface area contributed by atoms with Gasteiger partial charge in [-0.2, -0.15) is 5.10 Å². The molecule has 7 nitrogen and oxygen atoms in total. The molecule has 1 aromatic heterocycles. The van der Waals surface area contributed by atoms with Crippen LogP contribution in [0.3, 0.4) is 0 Å². The molecule has 4 rings (SSSR count). The lowest BCUT2D eigenvalue weighted by Crippen LogP contribution is -2.25. The Morgan fingerprint density at radius 2 is 2.00 bits per heavy atom. The van der Waals surface area contributed by atoms with Crippen molar-refractivity contribution in [2.75, 3.05) is 36.5 Å². The van der Waals surface area contributed by atoms with Crippen LogP contribution in [-0.4, -0.2) is 43.0 Å². The molecule has 1 aliphatic heterocycles. The van der Waals surface area contributed by atoms with Gasteiger partial charge in [0, 0.05) is 29.7 Å². The molecular weight excluding hydrogens is 434 g/mol. The minimum absolute atomic E-state index is 0.0345. The Morgan fingerprint density at radius 1 is 1.21 bits per heavy atom. The molecule has 0 fully saturated rings. The van der Waals surface area contributed by atoms with E-state index in [0.29, 0.717) is 18.0 Å². The molecule has 3 aromatic rings. The van der Waals surface area contributed by atoms with Gasteiger partial charge < -0.3 is 15.0 Å². The molecule has 8 heteroatoms. The maximum absolute atomic E-state index is 11.7. The van der Waals surface area contributed by atoms with Crippen molar-refractivity contribution in [3.05, 3.63) is 70.9 Å². The normalized spacial score (nSPS) is 13.5. The predicted molar refractivity (Wildman–Crippen MR) is 135 cm³/mol. The van der Waals surface area contributed by atoms with Gasteiger partial charge in [0.15, 0.2) is 6.61 Å². The van der Waals surface area contributed by atoms with Gasteiger partial charge >= 0.3 is 0 Å². The minimum atomic E-state index is -0.161. The molecule has 0 aliphatic carbocycles. The van der Waals surface area contributed by atoms with E-state index < -0.39 is 0 Å². The first-order valence-corrected chi connectivity index (χ1v) is 11.8. The zero-order valence-corrected chi connectivity index (χ0v) is 19.6. The summed E-state index contributed by atoms with van der Waals surface area (Å²) in [6.45, 7) is 10.5. The third-order valence-electron chi connectivity index (χ3n) is 5.29. The number of ether oxygens (including phenoxy) is 1. The topological polar surface area (TPSA) is 71.2 Å². The summed E-state index contributed by atoms with van der Waals surface area (Å²) in [5.41, 5.74) is 4.63. The number of carbonyl (C=O) groups excluding carboxylic acids is 1. The van der Waals surface area contributed by atoms with E-state index in [1.54, 1.807) is 6.08 Å². The van der Waals surface area contributed by atoms with Crippen LogP contribution in [0.5, 0.6) is 5.75 Å². The van der Waals surface area contributed by atoms with Crippen molar-refractivity contribution in [2.45, 2.75) is 13.8 Å². The molecule has 170 valence electrons. The van der Waals surface area contributed by atoms with Crippen molar-refractivity contribution in [1.29, 1.82) is 0 Å². The molecule has 33 heavy (non-hydrogen) atoms. The molecule has 1 N–H and O–H groups in total. The first-order chi connectivity index (χ1) is 16.1. The first-order valence-electron chi connectivity index (χ1n) is 10.9. The second-order valence-electron chi connectivity index (χ2n) is 7.40. The number of anilines is 2. The van der Waals surface area contributed by atoms with Crippen LogP contribution < -0.4 is 19.8 Å². The smallest absolute Gasteiger partial charge is 0.262 e. The Hall–Kier alpha value is -3.65. The summed E-state index contributed by atoms with van der Waals surface area (Å²) in [6.07, 6.45) is 3.59. The SMILES string of the molecule is C=CCN=c1scc(-c2ccc3c(c2)NC(=O)CO3)n1N=Cc1ccc(N(CC)CC)cc1. The van der Waals surface area contributed by atoms with Crippen LogP contribution >= 0.6 is 11.3 Å². The van der Waals surface area contributed by atoms with E-state index >= 15 is 0 Å². The zero-order valence-electron chi connectivity index (χ0n) is 18.8. The van der Waals surface area contributed by atoms with Crippen LogP contribution in [0.1, 0.15) is 19.4 Å². The summed E-state index contributed by atoms with van der Waals surface area (Å²) >= 11 is 1.51. The number of aromatic nitrogens is 1. The van der Waals surface area contributed by atoms with Crippen molar-refractivity contribution >= 4 is 34.8 Å². The van der Waals surface area contributed by atoms with E-state index in [-0.39, 0.29) is 12.5 Å². The lowest BCUT2D eigenvalue weighted by Gasteiger charge is -2.20. The van der Waals surface area contributed by atoms with E-state index in [1.165, 1.54) is 17.0 Å². The third-order valence-corrected chi connectivity index (χ3v) is 6.15. The van der Waals surface area contributed by atoms with E-state index in [9.17, 15) is 4.79 Å². The van der Waals surface area contributed by atoms with Gasteiger partial charge in [-0.1, -0.05) is 18.2 Å². The number of hydrogen-bond donors (Lipinski definition) is 1. The summed E-state index contributed by atoms with van der Waals surface area (Å²) in [7, 11) is 0. The van der Waals surface area contributed by atoms with Gasteiger partial charge in [0.1, 0.15) is 5.75 Å². The van der Waals surface area contributed by atoms with Gasteiger partial charge in [-0.25, -0.2) is 4.68 Å². The van der Waals surface area contributed by atoms with Gasteiger partial charge in [0.05, 0.1) is 24.1 Å². The van der Waals surface area contributed by atoms with Crippen LogP contribution in [-0.2, 0) is 4.79 Å². The van der Waals surface area contributed by atoms with Crippen LogP contribution in [0.4, 0.5) is 11.4 Å². The number of nitrogens with one attached hydrogen (secondary N) is 1. The molecule has 0 saturated carbocycles. The number of rotatable bonds is 8. The van der Waals surface area contributed by atoms with Gasteiger partial charge in [0.2, 0.25) is 4.80 Å². The number of hydrogen-bond acceptors (Lipinski definition) is 6. The molecule has 0 unspecified atom stereocenters. The number of fused-ring (bicyclic) bond motifs is 1. The van der Waals surface area contributed by atoms with E-state index in [2.05, 4.69) is 59.9 Å². The highest BCUT2D eigenvalue weighted by Gasteiger charge is 2.17. The molecule has 2 heterocycles. The van der Waals surface area contributed by atoms with E-state index in [4.69, 9.17) is 9.84 Å². The lowest BCUT2D eigenvalue weighted by molar-refractivity contribution is -0.118. The highest BCUT2D eigenvalue weighted by Crippen LogP contribution is 2.32. The lowest BCUT2D eigenvalue weighted by atomic mass is 10.1. The number of nitrogens with zero attached hydrogens (tertiary/aromatic N) is 4. The fourth-order valence-corrected chi connectivity index (χ4v) is 4.43. The summed E-state index contributed by atoms with van der Waals surface area (Å²) in [5.74, 6) is 0.499. The van der Waals surface area contributed by atoms with Gasteiger partial charge in [-0.3, -0.25) is 9.79 Å². The Bertz CT molecular complexity index is 1240. The molecule has 0 spiro atoms. The summed E-state index contributed by atoms with van der Waals surface area (Å²) in [4.78, 5) is 19.4. The van der Waals surface area contributed by atoms with Crippen molar-refractivity contribution in [3.63, 3.8) is 0 Å². The van der Waals surface area contributed by atoms with Gasteiger partial charge in [0.25, 0.3) is 5.91 Å². The Balaban J connectivity index is 1.69. The fourth-order valence-electron chi connectivity index (χ4n) is 3.59. The third kappa shape index (κ3) is 5.06. The first kappa shape index (κ1) is 22.5. The minimum Gasteiger partial charge on any atom is -0.482 e. The van der Waals surface area contributed by atoms with Crippen LogP contribution in [0.2, 0.25) is 0 Å². The Labute approximate surface area is 197 Å². The monoisotopic (exact) mass is 461 g/mol. The maximum Gasteiger partial charge on any atom is 0.262 e. The van der Waals surface area contributed by atoms with Crippen molar-refractivity contribution in [2.24, 2.45) is 10.1 Å². The van der Waals surface area contributed by atoms with Gasteiger partial charge in [-0.05, 0) is 49.7 Å². The molecule has 0 radical (unpaired) electrons. The van der Waals surface area contributed by atoms with Crippen LogP contribution in [0.15, 0.2) is 70.6 Å². The number of amides is 1. The van der Waals surface area contributed by atoms with Crippen LogP contribution in [0, 0.1) is 0 Å². The second-order valence-corrected chi connectivity index (χ2v) is 8.24. The zero-order chi connectivity index (χ0) is 23.2. The average molecular weight is 462 g/mol. The largest absolute Gasteiger partial charge is 0.482 e. The summed E-state index contributed by atoms with van der Waals surface area (Å²) in [6, 6.07) is 14.1. The van der Waals surface area contributed by atoms with E-state index in [1.807, 2.05) is 34.5 Å². The molecule has 2 aromatic carbocycles. The predicted octanol–water partition coefficient (Wildman–Crippen LogP) is 4.36. The van der Waals surface area contributed by atoms with Crippen molar-refractivity contribution in [3.8, 4) is 17.0 Å². The Kier molecular flexibility index (Phi) is 7.04. The Morgan fingerprint density at radius 3 is 2.73 bits per heavy atom. The quantitative estimate of drug-likeness (QED) is 0.400. The second kappa shape index (κ2) is 10.3. The maximum atomic E-state index is 11.7. The van der Waals surface area contributed by atoms with Crippen molar-refractivity contribution < 1.29 is 9.53 Å². The standard InChI is InChI=1S/C25H27N5O2S/c1-4-13-26-25-30(27-15-18-7-10-20(11-8-18)29(5-2)6-3)22(17-33-25)19-9-12-23-21(14-19)28-24(31)16-32-23/h4,7-12,14-15,17H,1,5-6,13,16H2,2-3H3,(H,28,31). The van der Waals surface area contributed by atoms with Crippen molar-refractivity contribution in [1.82, 2.24) is 4.68 Å². The highest BCUT2D eigenvalue weighted by atomic mass is 32.1. The summed E-state index contributed by atoms with van der Waals surface area (Å²) < 4.78 is 7.30. The molecule has 1 amide bonds. The number of carbonyl (C=O) groups is 1. The molecule has 0 atom stereocenters. The molecular formula is C25H27N5O2S. The number of benzene rings is 2. The summed E-state index contributed by atoms with van der Waals surface area (Å²) in [5, 5.41) is 9.62. The molecule has 0 saturated heterocycles.